The molecule has 0 amide bonds. The van der Waals surface area contributed by atoms with Gasteiger partial charge in [-0.05, 0) is 43.4 Å². The van der Waals surface area contributed by atoms with Crippen LogP contribution in [0.25, 0.3) is 0 Å². The Morgan fingerprint density at radius 3 is 2.59 bits per heavy atom. The smallest absolute Gasteiger partial charge is 0.0767 e. The van der Waals surface area contributed by atoms with Gasteiger partial charge in [0.1, 0.15) is 0 Å². The molecule has 0 spiro atoms. The Bertz CT molecular complexity index is 360. The standard InChI is InChI=1S/C12H23BrN4/c1-6-10-12(13)11(17(5)15-10)7-14-9(2)8-16(3)4/h9,14H,6-8H2,1-5H3. The maximum absolute atomic E-state index is 4.49. The lowest BCUT2D eigenvalue weighted by Crippen LogP contribution is -2.35. The predicted octanol–water partition coefficient (Wildman–Crippen LogP) is 1.78. The zero-order valence-electron chi connectivity index (χ0n) is 11.4. The van der Waals surface area contributed by atoms with E-state index >= 15 is 0 Å². The zero-order valence-corrected chi connectivity index (χ0v) is 13.0. The van der Waals surface area contributed by atoms with Gasteiger partial charge >= 0.3 is 0 Å². The fourth-order valence-corrected chi connectivity index (χ4v) is 2.65. The lowest BCUT2D eigenvalue weighted by atomic mass is 10.2. The van der Waals surface area contributed by atoms with Crippen LogP contribution < -0.4 is 5.32 Å². The molecule has 0 fully saturated rings. The van der Waals surface area contributed by atoms with Gasteiger partial charge in [-0.25, -0.2) is 0 Å². The molecule has 0 aliphatic carbocycles. The predicted molar refractivity (Wildman–Crippen MR) is 75.1 cm³/mol. The quantitative estimate of drug-likeness (QED) is 0.870. The van der Waals surface area contributed by atoms with Crippen molar-refractivity contribution in [1.82, 2.24) is 20.0 Å². The molecule has 1 heterocycles. The van der Waals surface area contributed by atoms with Gasteiger partial charge in [-0.1, -0.05) is 6.92 Å². The molecule has 0 aromatic carbocycles. The van der Waals surface area contributed by atoms with E-state index in [0.29, 0.717) is 6.04 Å². The highest BCUT2D eigenvalue weighted by Crippen LogP contribution is 2.21. The van der Waals surface area contributed by atoms with E-state index < -0.39 is 0 Å². The molecule has 0 saturated heterocycles. The number of halogens is 1. The number of nitrogens with one attached hydrogen (secondary N) is 1. The van der Waals surface area contributed by atoms with E-state index in [1.807, 2.05) is 11.7 Å². The summed E-state index contributed by atoms with van der Waals surface area (Å²) in [5.41, 5.74) is 2.34. The van der Waals surface area contributed by atoms with Crippen LogP contribution in [0.2, 0.25) is 0 Å². The summed E-state index contributed by atoms with van der Waals surface area (Å²) < 4.78 is 3.10. The number of aromatic nitrogens is 2. The summed E-state index contributed by atoms with van der Waals surface area (Å²) in [4.78, 5) is 2.19. The molecular formula is C12H23BrN4. The summed E-state index contributed by atoms with van der Waals surface area (Å²) >= 11 is 3.63. The Morgan fingerprint density at radius 2 is 2.12 bits per heavy atom. The van der Waals surface area contributed by atoms with Gasteiger partial charge in [0, 0.05) is 26.2 Å². The third-order valence-corrected chi connectivity index (χ3v) is 3.68. The minimum Gasteiger partial charge on any atom is -0.308 e. The summed E-state index contributed by atoms with van der Waals surface area (Å²) in [5.74, 6) is 0. The second-order valence-corrected chi connectivity index (χ2v) is 5.52. The first-order chi connectivity index (χ1) is 7.95. The number of rotatable bonds is 6. The first-order valence-corrected chi connectivity index (χ1v) is 6.83. The highest BCUT2D eigenvalue weighted by molar-refractivity contribution is 9.10. The minimum atomic E-state index is 0.469. The van der Waals surface area contributed by atoms with Crippen molar-refractivity contribution in [2.45, 2.75) is 32.9 Å². The highest BCUT2D eigenvalue weighted by atomic mass is 79.9. The molecule has 1 aromatic heterocycles. The summed E-state index contributed by atoms with van der Waals surface area (Å²) in [6, 6.07) is 0.469. The first-order valence-electron chi connectivity index (χ1n) is 6.04. The number of aryl methyl sites for hydroxylation is 2. The lowest BCUT2D eigenvalue weighted by molar-refractivity contribution is 0.347. The molecule has 1 rings (SSSR count). The molecule has 0 bridgehead atoms. The minimum absolute atomic E-state index is 0.469. The summed E-state index contributed by atoms with van der Waals surface area (Å²) in [6.07, 6.45) is 0.960. The molecule has 0 aliphatic rings. The van der Waals surface area contributed by atoms with Gasteiger partial charge in [-0.15, -0.1) is 0 Å². The molecule has 5 heteroatoms. The second kappa shape index (κ2) is 6.52. The third kappa shape index (κ3) is 4.08. The Labute approximate surface area is 113 Å². The largest absolute Gasteiger partial charge is 0.308 e. The second-order valence-electron chi connectivity index (χ2n) is 4.73. The summed E-state index contributed by atoms with van der Waals surface area (Å²) in [5, 5.41) is 8.00. The number of likely N-dealkylation sites (N-methyl/N-ethyl adjacent to an activating group) is 1. The normalized spacial score (nSPS) is 13.4. The van der Waals surface area contributed by atoms with Crippen molar-refractivity contribution >= 4 is 15.9 Å². The van der Waals surface area contributed by atoms with Crippen LogP contribution in [-0.4, -0.2) is 41.4 Å². The average Bonchev–Trinajstić information content (AvgIpc) is 2.50. The van der Waals surface area contributed by atoms with Crippen LogP contribution in [-0.2, 0) is 20.0 Å². The number of hydrogen-bond acceptors (Lipinski definition) is 3. The SMILES string of the molecule is CCc1nn(C)c(CNC(C)CN(C)C)c1Br. The van der Waals surface area contributed by atoms with Crippen molar-refractivity contribution in [3.8, 4) is 0 Å². The van der Waals surface area contributed by atoms with Gasteiger partial charge in [0.2, 0.25) is 0 Å². The third-order valence-electron chi connectivity index (χ3n) is 2.76. The van der Waals surface area contributed by atoms with Gasteiger partial charge < -0.3 is 10.2 Å². The molecular weight excluding hydrogens is 280 g/mol. The van der Waals surface area contributed by atoms with Crippen molar-refractivity contribution in [3.05, 3.63) is 15.9 Å². The molecule has 1 N–H and O–H groups in total. The van der Waals surface area contributed by atoms with Crippen molar-refractivity contribution in [1.29, 1.82) is 0 Å². The fourth-order valence-electron chi connectivity index (χ4n) is 1.90. The topological polar surface area (TPSA) is 33.1 Å². The Kier molecular flexibility index (Phi) is 5.62. The van der Waals surface area contributed by atoms with Crippen LogP contribution in [0.15, 0.2) is 4.47 Å². The molecule has 1 aromatic rings. The Morgan fingerprint density at radius 1 is 1.47 bits per heavy atom. The van der Waals surface area contributed by atoms with E-state index in [4.69, 9.17) is 0 Å². The van der Waals surface area contributed by atoms with Crippen molar-refractivity contribution < 1.29 is 0 Å². The van der Waals surface area contributed by atoms with E-state index in [9.17, 15) is 0 Å². The fraction of sp³-hybridized carbons (Fsp3) is 0.750. The van der Waals surface area contributed by atoms with Crippen molar-refractivity contribution in [3.63, 3.8) is 0 Å². The Hall–Kier alpha value is -0.390. The van der Waals surface area contributed by atoms with Crippen molar-refractivity contribution in [2.75, 3.05) is 20.6 Å². The average molecular weight is 303 g/mol. The van der Waals surface area contributed by atoms with E-state index in [0.717, 1.165) is 29.7 Å². The summed E-state index contributed by atoms with van der Waals surface area (Å²) in [7, 11) is 6.18. The van der Waals surface area contributed by atoms with Crippen LogP contribution in [0.1, 0.15) is 25.2 Å². The van der Waals surface area contributed by atoms with Gasteiger partial charge in [0.15, 0.2) is 0 Å². The first kappa shape index (κ1) is 14.7. The molecule has 4 nitrogen and oxygen atoms in total. The van der Waals surface area contributed by atoms with Crippen LogP contribution in [0.3, 0.4) is 0 Å². The maximum Gasteiger partial charge on any atom is 0.0767 e. The van der Waals surface area contributed by atoms with Crippen LogP contribution in [0, 0.1) is 0 Å². The molecule has 0 radical (unpaired) electrons. The molecule has 1 atom stereocenters. The highest BCUT2D eigenvalue weighted by Gasteiger charge is 2.13. The van der Waals surface area contributed by atoms with Crippen LogP contribution in [0.4, 0.5) is 0 Å². The number of hydrogen-bond donors (Lipinski definition) is 1. The summed E-state index contributed by atoms with van der Waals surface area (Å²) in [6.45, 7) is 6.21. The van der Waals surface area contributed by atoms with E-state index in [-0.39, 0.29) is 0 Å². The van der Waals surface area contributed by atoms with E-state index in [1.54, 1.807) is 0 Å². The Balaban J connectivity index is 2.60. The van der Waals surface area contributed by atoms with E-state index in [2.05, 4.69) is 59.2 Å². The maximum atomic E-state index is 4.49. The van der Waals surface area contributed by atoms with Crippen LogP contribution >= 0.6 is 15.9 Å². The number of nitrogens with zero attached hydrogens (tertiary/aromatic N) is 3. The van der Waals surface area contributed by atoms with Gasteiger partial charge in [0.05, 0.1) is 15.9 Å². The molecule has 98 valence electrons. The lowest BCUT2D eigenvalue weighted by Gasteiger charge is -2.18. The van der Waals surface area contributed by atoms with Crippen LogP contribution in [0.5, 0.6) is 0 Å². The van der Waals surface area contributed by atoms with E-state index in [1.165, 1.54) is 5.69 Å². The van der Waals surface area contributed by atoms with Crippen molar-refractivity contribution in [2.24, 2.45) is 7.05 Å². The molecule has 0 saturated carbocycles. The zero-order chi connectivity index (χ0) is 13.0. The van der Waals surface area contributed by atoms with Gasteiger partial charge in [-0.3, -0.25) is 4.68 Å². The molecule has 0 aliphatic heterocycles. The van der Waals surface area contributed by atoms with Gasteiger partial charge in [-0.2, -0.15) is 5.10 Å². The van der Waals surface area contributed by atoms with Gasteiger partial charge in [0.25, 0.3) is 0 Å². The molecule has 17 heavy (non-hydrogen) atoms. The monoisotopic (exact) mass is 302 g/mol. The molecule has 1 unspecified atom stereocenters.